The van der Waals surface area contributed by atoms with Gasteiger partial charge in [-0.3, -0.25) is 9.69 Å². The molecule has 0 spiro atoms. The summed E-state index contributed by atoms with van der Waals surface area (Å²) in [7, 11) is -1.82. The maximum Gasteiger partial charge on any atom is 0.225 e. The van der Waals surface area contributed by atoms with Gasteiger partial charge in [0.05, 0.1) is 5.92 Å². The molecule has 156 valence electrons. The van der Waals surface area contributed by atoms with Crippen molar-refractivity contribution in [3.63, 3.8) is 0 Å². The molecule has 1 saturated heterocycles. The van der Waals surface area contributed by atoms with Crippen LogP contribution in [-0.4, -0.2) is 44.9 Å². The van der Waals surface area contributed by atoms with Crippen molar-refractivity contribution in [3.05, 3.63) is 35.9 Å². The third kappa shape index (κ3) is 5.05. The Hall–Kier alpha value is -1.17. The zero-order valence-corrected chi connectivity index (χ0v) is 19.5. The highest BCUT2D eigenvalue weighted by atomic mass is 28.4. The van der Waals surface area contributed by atoms with Crippen LogP contribution < -0.4 is 5.32 Å². The van der Waals surface area contributed by atoms with Crippen LogP contribution in [0.15, 0.2) is 30.3 Å². The van der Waals surface area contributed by atoms with Crippen molar-refractivity contribution in [3.8, 4) is 0 Å². The minimum Gasteiger partial charge on any atom is -0.416 e. The van der Waals surface area contributed by atoms with E-state index in [1.54, 1.807) is 0 Å². The number of hydrogen-bond acceptors (Lipinski definition) is 3. The second-order valence-corrected chi connectivity index (χ2v) is 15.1. The van der Waals surface area contributed by atoms with Gasteiger partial charge in [-0.1, -0.05) is 51.1 Å². The smallest absolute Gasteiger partial charge is 0.225 e. The Balaban J connectivity index is 1.70. The van der Waals surface area contributed by atoms with Crippen LogP contribution in [0.5, 0.6) is 0 Å². The van der Waals surface area contributed by atoms with Gasteiger partial charge < -0.3 is 9.74 Å². The minimum absolute atomic E-state index is 0.0246. The Kier molecular flexibility index (Phi) is 6.37. The molecule has 3 rings (SSSR count). The van der Waals surface area contributed by atoms with E-state index in [2.05, 4.69) is 81.3 Å². The molecule has 3 atom stereocenters. The number of likely N-dealkylation sites (tertiary alicyclic amines) is 1. The van der Waals surface area contributed by atoms with Crippen LogP contribution in [0.3, 0.4) is 0 Å². The van der Waals surface area contributed by atoms with Gasteiger partial charge in [-0.2, -0.15) is 0 Å². The largest absolute Gasteiger partial charge is 0.416 e. The Bertz CT molecular complexity index is 667. The standard InChI is InChI=1S/C23H38N2O2Si/c1-17(18-10-8-7-9-11-18)25-14-19(16-27-28(5,6)23(2,3)4)21(15-25)22(26)24-20-12-13-20/h7-11,17,19-21H,12-16H2,1-6H3,(H,24,26)/t17-,19?,21?/m0/s1. The fourth-order valence-corrected chi connectivity index (χ4v) is 4.76. The number of hydrogen-bond donors (Lipinski definition) is 1. The third-order valence-electron chi connectivity index (χ3n) is 7.02. The Morgan fingerprint density at radius 2 is 1.86 bits per heavy atom. The minimum atomic E-state index is -1.82. The van der Waals surface area contributed by atoms with E-state index >= 15 is 0 Å². The van der Waals surface area contributed by atoms with E-state index in [1.165, 1.54) is 5.56 Å². The highest BCUT2D eigenvalue weighted by Crippen LogP contribution is 2.38. The molecule has 1 N–H and O–H groups in total. The Labute approximate surface area is 172 Å². The Morgan fingerprint density at radius 1 is 1.21 bits per heavy atom. The molecule has 28 heavy (non-hydrogen) atoms. The second kappa shape index (κ2) is 8.29. The average molecular weight is 403 g/mol. The molecule has 1 amide bonds. The van der Waals surface area contributed by atoms with Crippen molar-refractivity contribution in [2.75, 3.05) is 19.7 Å². The van der Waals surface area contributed by atoms with Gasteiger partial charge in [-0.05, 0) is 43.5 Å². The maximum absolute atomic E-state index is 13.0. The summed E-state index contributed by atoms with van der Waals surface area (Å²) >= 11 is 0. The highest BCUT2D eigenvalue weighted by Gasteiger charge is 2.43. The van der Waals surface area contributed by atoms with Gasteiger partial charge in [0.2, 0.25) is 5.91 Å². The second-order valence-electron chi connectivity index (χ2n) is 10.3. The van der Waals surface area contributed by atoms with Crippen molar-refractivity contribution < 1.29 is 9.22 Å². The summed E-state index contributed by atoms with van der Waals surface area (Å²) in [5, 5.41) is 3.43. The lowest BCUT2D eigenvalue weighted by Crippen LogP contribution is -2.44. The van der Waals surface area contributed by atoms with E-state index < -0.39 is 8.32 Å². The summed E-state index contributed by atoms with van der Waals surface area (Å²) in [6, 6.07) is 11.3. The molecule has 2 fully saturated rings. The molecule has 5 heteroatoms. The van der Waals surface area contributed by atoms with E-state index in [-0.39, 0.29) is 22.8 Å². The molecule has 2 unspecified atom stereocenters. The molecule has 1 aliphatic heterocycles. The van der Waals surface area contributed by atoms with Crippen molar-refractivity contribution in [2.24, 2.45) is 11.8 Å². The molecule has 1 aromatic rings. The van der Waals surface area contributed by atoms with Crippen LogP contribution in [0, 0.1) is 11.8 Å². The molecule has 0 bridgehead atoms. The topological polar surface area (TPSA) is 41.6 Å². The fraction of sp³-hybridized carbons (Fsp3) is 0.696. The van der Waals surface area contributed by atoms with Crippen molar-refractivity contribution in [1.82, 2.24) is 10.2 Å². The number of benzene rings is 1. The van der Waals surface area contributed by atoms with Crippen LogP contribution in [-0.2, 0) is 9.22 Å². The summed E-state index contributed by atoms with van der Waals surface area (Å²) in [5.74, 6) is 0.518. The Morgan fingerprint density at radius 3 is 2.43 bits per heavy atom. The third-order valence-corrected chi connectivity index (χ3v) is 11.5. The molecular weight excluding hydrogens is 364 g/mol. The van der Waals surface area contributed by atoms with Crippen LogP contribution in [0.1, 0.15) is 52.1 Å². The first-order valence-electron chi connectivity index (χ1n) is 10.8. The van der Waals surface area contributed by atoms with Gasteiger partial charge in [0.25, 0.3) is 0 Å². The number of carbonyl (C=O) groups is 1. The van der Waals surface area contributed by atoms with Crippen molar-refractivity contribution >= 4 is 14.2 Å². The molecular formula is C23H38N2O2Si. The summed E-state index contributed by atoms with van der Waals surface area (Å²) < 4.78 is 6.54. The predicted molar refractivity (Wildman–Crippen MR) is 118 cm³/mol. The quantitative estimate of drug-likeness (QED) is 0.678. The molecule has 4 nitrogen and oxygen atoms in total. The van der Waals surface area contributed by atoms with Crippen LogP contribution in [0.25, 0.3) is 0 Å². The normalized spacial score (nSPS) is 24.9. The van der Waals surface area contributed by atoms with Gasteiger partial charge in [-0.25, -0.2) is 0 Å². The van der Waals surface area contributed by atoms with Crippen LogP contribution in [0.2, 0.25) is 18.1 Å². The first-order valence-corrected chi connectivity index (χ1v) is 13.7. The van der Waals surface area contributed by atoms with Crippen LogP contribution >= 0.6 is 0 Å². The molecule has 2 aliphatic rings. The van der Waals surface area contributed by atoms with E-state index in [0.29, 0.717) is 18.7 Å². The molecule has 1 heterocycles. The highest BCUT2D eigenvalue weighted by molar-refractivity contribution is 6.74. The monoisotopic (exact) mass is 402 g/mol. The van der Waals surface area contributed by atoms with Gasteiger partial charge in [-0.15, -0.1) is 0 Å². The lowest BCUT2D eigenvalue weighted by atomic mass is 9.96. The number of amides is 1. The number of nitrogens with one attached hydrogen (secondary N) is 1. The van der Waals surface area contributed by atoms with E-state index in [1.807, 2.05) is 0 Å². The molecule has 0 aromatic heterocycles. The SMILES string of the molecule is C[C@@H](c1ccccc1)N1CC(CO[Si](C)(C)C(C)(C)C)C(C(=O)NC2CC2)C1. The van der Waals surface area contributed by atoms with E-state index in [4.69, 9.17) is 4.43 Å². The molecule has 1 aliphatic carbocycles. The zero-order chi connectivity index (χ0) is 20.5. The average Bonchev–Trinajstić information content (AvgIpc) is 3.34. The zero-order valence-electron chi connectivity index (χ0n) is 18.5. The molecule has 1 aromatic carbocycles. The summed E-state index contributed by atoms with van der Waals surface area (Å²) in [6.45, 7) is 16.1. The predicted octanol–water partition coefficient (Wildman–Crippen LogP) is 4.60. The van der Waals surface area contributed by atoms with Gasteiger partial charge in [0.15, 0.2) is 8.32 Å². The number of nitrogens with zero attached hydrogens (tertiary/aromatic N) is 1. The van der Waals surface area contributed by atoms with Gasteiger partial charge in [0, 0.05) is 37.7 Å². The first kappa shape index (κ1) is 21.5. The molecule has 0 radical (unpaired) electrons. The lowest BCUT2D eigenvalue weighted by Gasteiger charge is -2.37. The summed E-state index contributed by atoms with van der Waals surface area (Å²) in [4.78, 5) is 15.4. The first-order chi connectivity index (χ1) is 13.1. The van der Waals surface area contributed by atoms with Gasteiger partial charge in [0.1, 0.15) is 0 Å². The van der Waals surface area contributed by atoms with E-state index in [0.717, 1.165) is 25.9 Å². The van der Waals surface area contributed by atoms with Crippen LogP contribution in [0.4, 0.5) is 0 Å². The number of carbonyl (C=O) groups excluding carboxylic acids is 1. The van der Waals surface area contributed by atoms with Crippen molar-refractivity contribution in [2.45, 2.75) is 70.8 Å². The summed E-state index contributed by atoms with van der Waals surface area (Å²) in [5.41, 5.74) is 1.31. The van der Waals surface area contributed by atoms with Gasteiger partial charge >= 0.3 is 0 Å². The lowest BCUT2D eigenvalue weighted by molar-refractivity contribution is -0.126. The molecule has 1 saturated carbocycles. The number of rotatable bonds is 7. The van der Waals surface area contributed by atoms with Crippen molar-refractivity contribution in [1.29, 1.82) is 0 Å². The summed E-state index contributed by atoms with van der Waals surface area (Å²) in [6.07, 6.45) is 2.27. The maximum atomic E-state index is 13.0. The van der Waals surface area contributed by atoms with E-state index in [9.17, 15) is 4.79 Å². The fourth-order valence-electron chi connectivity index (χ4n) is 3.70.